The molecule has 4 rings (SSSR count). The molecule has 4 aromatic rings. The van der Waals surface area contributed by atoms with Gasteiger partial charge in [0.25, 0.3) is 10.0 Å². The molecule has 0 aliphatic carbocycles. The summed E-state index contributed by atoms with van der Waals surface area (Å²) in [4.78, 5) is 15.8. The molecule has 32 heavy (non-hydrogen) atoms. The molecule has 0 radical (unpaired) electrons. The van der Waals surface area contributed by atoms with Crippen molar-refractivity contribution in [1.29, 1.82) is 0 Å². The highest BCUT2D eigenvalue weighted by atomic mass is 32.2. The summed E-state index contributed by atoms with van der Waals surface area (Å²) in [5, 5.41) is 3.49. The predicted octanol–water partition coefficient (Wildman–Crippen LogP) is 4.66. The first-order valence-electron chi connectivity index (χ1n) is 9.77. The zero-order valence-electron chi connectivity index (χ0n) is 17.5. The third-order valence-corrected chi connectivity index (χ3v) is 7.54. The van der Waals surface area contributed by atoms with Crippen molar-refractivity contribution < 1.29 is 17.9 Å². The van der Waals surface area contributed by atoms with Crippen molar-refractivity contribution >= 4 is 48.9 Å². The maximum Gasteiger partial charge on any atom is 0.264 e. The maximum atomic E-state index is 12.9. The Kier molecular flexibility index (Phi) is 6.11. The number of carbonyl (C=O) groups excluding carboxylic acids is 1. The van der Waals surface area contributed by atoms with Gasteiger partial charge in [0.1, 0.15) is 17.4 Å². The summed E-state index contributed by atoms with van der Waals surface area (Å²) < 4.78 is 34.0. The number of anilines is 2. The second-order valence-corrected chi connectivity index (χ2v) is 10.1. The molecular weight excluding hydrogens is 446 g/mol. The zero-order chi connectivity index (χ0) is 22.7. The lowest BCUT2D eigenvalue weighted by Gasteiger charge is -2.20. The minimum Gasteiger partial charge on any atom is -0.486 e. The number of nitrogens with one attached hydrogen (secondary N) is 1. The minimum absolute atomic E-state index is 0.130. The average molecular weight is 468 g/mol. The van der Waals surface area contributed by atoms with Crippen molar-refractivity contribution in [2.24, 2.45) is 0 Å². The van der Waals surface area contributed by atoms with Crippen LogP contribution in [0, 0.1) is 0 Å². The number of thiazole rings is 1. The molecule has 164 valence electrons. The van der Waals surface area contributed by atoms with E-state index in [4.69, 9.17) is 4.74 Å². The lowest BCUT2D eigenvalue weighted by atomic mass is 10.3. The molecule has 1 heterocycles. The van der Waals surface area contributed by atoms with Crippen LogP contribution in [0.5, 0.6) is 5.75 Å². The zero-order valence-corrected chi connectivity index (χ0v) is 19.1. The molecule has 0 saturated carbocycles. The second-order valence-electron chi connectivity index (χ2n) is 7.04. The van der Waals surface area contributed by atoms with E-state index in [2.05, 4.69) is 10.3 Å². The number of hydrogen-bond acceptors (Lipinski definition) is 6. The molecule has 1 aromatic heterocycles. The Balaban J connectivity index is 1.43. The highest BCUT2D eigenvalue weighted by Gasteiger charge is 2.21. The van der Waals surface area contributed by atoms with E-state index in [9.17, 15) is 13.2 Å². The molecule has 0 aliphatic rings. The predicted molar refractivity (Wildman–Crippen MR) is 127 cm³/mol. The SMILES string of the molecule is CC(=O)Nc1ccc(S(=O)(=O)N(C)c2ccc(OCc3nc4ccccc4s3)cc2)cc1. The molecular formula is C23H21N3O4S2. The van der Waals surface area contributed by atoms with Gasteiger partial charge in [0.2, 0.25) is 5.91 Å². The van der Waals surface area contributed by atoms with E-state index in [1.54, 1.807) is 47.7 Å². The number of amides is 1. The summed E-state index contributed by atoms with van der Waals surface area (Å²) in [7, 11) is -2.25. The van der Waals surface area contributed by atoms with Gasteiger partial charge in [-0.2, -0.15) is 0 Å². The van der Waals surface area contributed by atoms with Gasteiger partial charge in [0.15, 0.2) is 0 Å². The number of rotatable bonds is 7. The molecule has 3 aromatic carbocycles. The van der Waals surface area contributed by atoms with E-state index in [1.165, 1.54) is 30.4 Å². The Bertz CT molecular complexity index is 1320. The number of aromatic nitrogens is 1. The molecule has 7 nitrogen and oxygen atoms in total. The molecule has 1 N–H and O–H groups in total. The average Bonchev–Trinajstić information content (AvgIpc) is 3.20. The van der Waals surface area contributed by atoms with E-state index < -0.39 is 10.0 Å². The summed E-state index contributed by atoms with van der Waals surface area (Å²) in [6, 6.07) is 20.8. The minimum atomic E-state index is -3.75. The van der Waals surface area contributed by atoms with Gasteiger partial charge in [-0.1, -0.05) is 12.1 Å². The maximum absolute atomic E-state index is 12.9. The summed E-state index contributed by atoms with van der Waals surface area (Å²) in [6.07, 6.45) is 0. The molecule has 0 fully saturated rings. The van der Waals surface area contributed by atoms with Gasteiger partial charge in [-0.25, -0.2) is 13.4 Å². The largest absolute Gasteiger partial charge is 0.486 e. The van der Waals surface area contributed by atoms with E-state index in [-0.39, 0.29) is 10.8 Å². The lowest BCUT2D eigenvalue weighted by Crippen LogP contribution is -2.26. The van der Waals surface area contributed by atoms with Crippen LogP contribution in [0.2, 0.25) is 0 Å². The first-order chi connectivity index (χ1) is 15.3. The number of benzene rings is 3. The fourth-order valence-electron chi connectivity index (χ4n) is 3.09. The van der Waals surface area contributed by atoms with Crippen LogP contribution in [0.4, 0.5) is 11.4 Å². The van der Waals surface area contributed by atoms with Crippen LogP contribution in [0.25, 0.3) is 10.2 Å². The van der Waals surface area contributed by atoms with Gasteiger partial charge in [-0.15, -0.1) is 11.3 Å². The van der Waals surface area contributed by atoms with Gasteiger partial charge in [-0.3, -0.25) is 9.10 Å². The third kappa shape index (κ3) is 4.74. The molecule has 0 bridgehead atoms. The molecule has 9 heteroatoms. The van der Waals surface area contributed by atoms with E-state index in [0.29, 0.717) is 23.7 Å². The number of hydrogen-bond donors (Lipinski definition) is 1. The summed E-state index contributed by atoms with van der Waals surface area (Å²) in [5.74, 6) is 0.404. The Labute approximate surface area is 190 Å². The quantitative estimate of drug-likeness (QED) is 0.427. The smallest absolute Gasteiger partial charge is 0.264 e. The summed E-state index contributed by atoms with van der Waals surface area (Å²) in [6.45, 7) is 1.73. The van der Waals surface area contributed by atoms with Gasteiger partial charge < -0.3 is 10.1 Å². The van der Waals surface area contributed by atoms with Gasteiger partial charge >= 0.3 is 0 Å². The van der Waals surface area contributed by atoms with Crippen LogP contribution >= 0.6 is 11.3 Å². The molecule has 0 saturated heterocycles. The Morgan fingerprint density at radius 2 is 1.72 bits per heavy atom. The first kappa shape index (κ1) is 21.8. The number of para-hydroxylation sites is 1. The van der Waals surface area contributed by atoms with Gasteiger partial charge in [0.05, 0.1) is 20.8 Å². The van der Waals surface area contributed by atoms with Crippen molar-refractivity contribution in [2.45, 2.75) is 18.4 Å². The van der Waals surface area contributed by atoms with Crippen LogP contribution in [-0.4, -0.2) is 26.4 Å². The highest BCUT2D eigenvalue weighted by Crippen LogP contribution is 2.27. The lowest BCUT2D eigenvalue weighted by molar-refractivity contribution is -0.114. The van der Waals surface area contributed by atoms with Gasteiger partial charge in [-0.05, 0) is 60.7 Å². The number of sulfonamides is 1. The van der Waals surface area contributed by atoms with Crippen LogP contribution in [-0.2, 0) is 21.4 Å². The van der Waals surface area contributed by atoms with Crippen molar-refractivity contribution in [3.63, 3.8) is 0 Å². The van der Waals surface area contributed by atoms with Crippen LogP contribution in [0.1, 0.15) is 11.9 Å². The van der Waals surface area contributed by atoms with Crippen molar-refractivity contribution in [3.05, 3.63) is 77.8 Å². The van der Waals surface area contributed by atoms with E-state index >= 15 is 0 Å². The number of carbonyl (C=O) groups is 1. The number of nitrogens with zero attached hydrogens (tertiary/aromatic N) is 2. The molecule has 0 aliphatic heterocycles. The Hall–Kier alpha value is -3.43. The van der Waals surface area contributed by atoms with Crippen molar-refractivity contribution in [3.8, 4) is 5.75 Å². The van der Waals surface area contributed by atoms with E-state index in [0.717, 1.165) is 15.2 Å². The van der Waals surface area contributed by atoms with Gasteiger partial charge in [0, 0.05) is 19.7 Å². The fraction of sp³-hybridized carbons (Fsp3) is 0.130. The summed E-state index contributed by atoms with van der Waals surface area (Å²) >= 11 is 1.58. The second kappa shape index (κ2) is 8.97. The van der Waals surface area contributed by atoms with Crippen molar-refractivity contribution in [1.82, 2.24) is 4.98 Å². The number of fused-ring (bicyclic) bond motifs is 1. The molecule has 1 amide bonds. The highest BCUT2D eigenvalue weighted by molar-refractivity contribution is 7.92. The van der Waals surface area contributed by atoms with Crippen molar-refractivity contribution in [2.75, 3.05) is 16.7 Å². The van der Waals surface area contributed by atoms with Crippen LogP contribution < -0.4 is 14.4 Å². The molecule has 0 unspecified atom stereocenters. The van der Waals surface area contributed by atoms with Crippen LogP contribution in [0.3, 0.4) is 0 Å². The summed E-state index contributed by atoms with van der Waals surface area (Å²) in [5.41, 5.74) is 1.99. The topological polar surface area (TPSA) is 88.6 Å². The standard InChI is InChI=1S/C23H21N3O4S2/c1-16(27)24-17-7-13-20(14-8-17)32(28,29)26(2)18-9-11-19(12-10-18)30-15-23-25-21-5-3-4-6-22(21)31-23/h3-14H,15H2,1-2H3,(H,24,27). The first-order valence-corrected chi connectivity index (χ1v) is 12.0. The number of ether oxygens (including phenoxy) is 1. The molecule has 0 spiro atoms. The Morgan fingerprint density at radius 3 is 2.38 bits per heavy atom. The Morgan fingerprint density at radius 1 is 1.03 bits per heavy atom. The fourth-order valence-corrected chi connectivity index (χ4v) is 5.17. The normalized spacial score (nSPS) is 11.3. The third-order valence-electron chi connectivity index (χ3n) is 4.73. The van der Waals surface area contributed by atoms with Crippen LogP contribution in [0.15, 0.2) is 77.7 Å². The molecule has 0 atom stereocenters. The monoisotopic (exact) mass is 467 g/mol. The van der Waals surface area contributed by atoms with E-state index in [1.807, 2.05) is 24.3 Å².